The fraction of sp³-hybridized carbons (Fsp3) is 0.190. The summed E-state index contributed by atoms with van der Waals surface area (Å²) in [7, 11) is 0. The number of nitrogens with zero attached hydrogens (tertiary/aromatic N) is 4. The van der Waals surface area contributed by atoms with Crippen molar-refractivity contribution in [1.29, 1.82) is 0 Å². The van der Waals surface area contributed by atoms with E-state index in [1.165, 1.54) is 23.5 Å². The van der Waals surface area contributed by atoms with E-state index in [0.717, 1.165) is 0 Å². The molecule has 1 aliphatic heterocycles. The molecule has 2 aromatic heterocycles. The number of amides is 1. The molecule has 9 heteroatoms. The Balaban J connectivity index is 1.50. The average Bonchev–Trinajstić information content (AvgIpc) is 3.43. The molecular formula is C21H17FN4O3S. The largest absolute Gasteiger partial charge is 0.486 e. The molecule has 0 unspecified atom stereocenters. The van der Waals surface area contributed by atoms with Crippen molar-refractivity contribution in [3.05, 3.63) is 66.2 Å². The van der Waals surface area contributed by atoms with E-state index in [-0.39, 0.29) is 11.7 Å². The fourth-order valence-corrected chi connectivity index (χ4v) is 4.27. The summed E-state index contributed by atoms with van der Waals surface area (Å²) in [6.07, 6.45) is 3.52. The molecule has 0 atom stereocenters. The number of hydrogen-bond acceptors (Lipinski definition) is 6. The number of benzene rings is 2. The van der Waals surface area contributed by atoms with Gasteiger partial charge >= 0.3 is 0 Å². The van der Waals surface area contributed by atoms with E-state index < -0.39 is 0 Å². The minimum absolute atomic E-state index is 0.223. The number of ether oxygens (including phenoxy) is 2. The molecule has 0 saturated heterocycles. The number of fused-ring (bicyclic) bond motifs is 2. The first-order valence-corrected chi connectivity index (χ1v) is 10.2. The van der Waals surface area contributed by atoms with Crippen LogP contribution in [-0.4, -0.2) is 40.4 Å². The molecule has 0 spiro atoms. The third-order valence-electron chi connectivity index (χ3n) is 4.72. The van der Waals surface area contributed by atoms with Gasteiger partial charge in [-0.25, -0.2) is 9.37 Å². The maximum Gasteiger partial charge on any atom is 0.260 e. The van der Waals surface area contributed by atoms with Crippen molar-refractivity contribution in [3.63, 3.8) is 0 Å². The second kappa shape index (κ2) is 7.75. The van der Waals surface area contributed by atoms with Gasteiger partial charge in [-0.3, -0.25) is 14.4 Å². The van der Waals surface area contributed by atoms with Gasteiger partial charge in [0.2, 0.25) is 0 Å². The predicted octanol–water partition coefficient (Wildman–Crippen LogP) is 3.75. The second-order valence-electron chi connectivity index (χ2n) is 6.69. The van der Waals surface area contributed by atoms with Crippen LogP contribution in [0.25, 0.3) is 10.2 Å². The lowest BCUT2D eigenvalue weighted by atomic mass is 10.1. The van der Waals surface area contributed by atoms with Gasteiger partial charge in [-0.15, -0.1) is 0 Å². The molecular weight excluding hydrogens is 407 g/mol. The van der Waals surface area contributed by atoms with Crippen LogP contribution in [0.3, 0.4) is 0 Å². The summed E-state index contributed by atoms with van der Waals surface area (Å²) < 4.78 is 27.2. The molecule has 4 aromatic rings. The van der Waals surface area contributed by atoms with E-state index in [0.29, 0.717) is 58.7 Å². The number of hydrogen-bond donors (Lipinski definition) is 0. The van der Waals surface area contributed by atoms with Crippen molar-refractivity contribution in [2.24, 2.45) is 0 Å². The van der Waals surface area contributed by atoms with Gasteiger partial charge in [-0.2, -0.15) is 5.10 Å². The number of thiazole rings is 1. The lowest BCUT2D eigenvalue weighted by Gasteiger charge is -2.22. The molecule has 0 N–H and O–H groups in total. The van der Waals surface area contributed by atoms with E-state index in [9.17, 15) is 9.18 Å². The molecule has 0 radical (unpaired) electrons. The zero-order valence-corrected chi connectivity index (χ0v) is 16.6. The number of halogens is 1. The zero-order chi connectivity index (χ0) is 20.5. The molecule has 30 heavy (non-hydrogen) atoms. The fourth-order valence-electron chi connectivity index (χ4n) is 3.25. The van der Waals surface area contributed by atoms with Gasteiger partial charge in [0.25, 0.3) is 5.91 Å². The Morgan fingerprint density at radius 3 is 2.87 bits per heavy atom. The smallest absolute Gasteiger partial charge is 0.260 e. The SMILES string of the molecule is O=C(c1ccc2c(c1)OCCO2)N(CCn1cccn1)c1nc2ccc(F)cc2s1. The third kappa shape index (κ3) is 3.59. The molecule has 1 amide bonds. The molecule has 0 saturated carbocycles. The Bertz CT molecular complexity index is 1210. The molecule has 0 bridgehead atoms. The van der Waals surface area contributed by atoms with E-state index in [1.54, 1.807) is 40.0 Å². The van der Waals surface area contributed by atoms with Crippen molar-refractivity contribution >= 4 is 32.6 Å². The molecule has 1 aliphatic rings. The zero-order valence-electron chi connectivity index (χ0n) is 15.8. The lowest BCUT2D eigenvalue weighted by molar-refractivity contribution is 0.0984. The summed E-state index contributed by atoms with van der Waals surface area (Å²) in [4.78, 5) is 19.6. The van der Waals surface area contributed by atoms with Crippen LogP contribution in [0.4, 0.5) is 9.52 Å². The summed E-state index contributed by atoms with van der Waals surface area (Å²) in [6.45, 7) is 1.78. The highest BCUT2D eigenvalue weighted by Crippen LogP contribution is 2.33. The first kappa shape index (κ1) is 18.6. The van der Waals surface area contributed by atoms with Gasteiger partial charge in [0.15, 0.2) is 16.6 Å². The van der Waals surface area contributed by atoms with Crippen molar-refractivity contribution < 1.29 is 18.7 Å². The van der Waals surface area contributed by atoms with Crippen LogP contribution >= 0.6 is 11.3 Å². The predicted molar refractivity (Wildman–Crippen MR) is 111 cm³/mol. The first-order chi connectivity index (χ1) is 14.7. The van der Waals surface area contributed by atoms with Crippen LogP contribution in [0.5, 0.6) is 11.5 Å². The maximum absolute atomic E-state index is 13.6. The Kier molecular flexibility index (Phi) is 4.80. The quantitative estimate of drug-likeness (QED) is 0.488. The van der Waals surface area contributed by atoms with Gasteiger partial charge in [-0.1, -0.05) is 11.3 Å². The normalized spacial score (nSPS) is 12.8. The molecule has 152 valence electrons. The summed E-state index contributed by atoms with van der Waals surface area (Å²) in [5.74, 6) is 0.611. The third-order valence-corrected chi connectivity index (χ3v) is 5.76. The highest BCUT2D eigenvalue weighted by atomic mass is 32.1. The standard InChI is InChI=1S/C21H17FN4O3S/c22-15-3-4-16-19(13-15)30-21(24-16)26(9-8-25-7-1-6-23-25)20(27)14-2-5-17-18(12-14)29-11-10-28-17/h1-7,12-13H,8-11H2. The Labute approximate surface area is 175 Å². The lowest BCUT2D eigenvalue weighted by Crippen LogP contribution is -2.34. The van der Waals surface area contributed by atoms with Crippen molar-refractivity contribution in [3.8, 4) is 11.5 Å². The average molecular weight is 424 g/mol. The molecule has 5 rings (SSSR count). The Morgan fingerprint density at radius 1 is 1.17 bits per heavy atom. The number of rotatable bonds is 5. The topological polar surface area (TPSA) is 69.5 Å². The number of anilines is 1. The Morgan fingerprint density at radius 2 is 2.03 bits per heavy atom. The van der Waals surface area contributed by atoms with E-state index >= 15 is 0 Å². The highest BCUT2D eigenvalue weighted by Gasteiger charge is 2.23. The molecule has 0 fully saturated rings. The van der Waals surface area contributed by atoms with Gasteiger partial charge < -0.3 is 9.47 Å². The van der Waals surface area contributed by atoms with Crippen molar-refractivity contribution in [2.45, 2.75) is 6.54 Å². The number of carbonyl (C=O) groups is 1. The van der Waals surface area contributed by atoms with E-state index in [4.69, 9.17) is 9.47 Å². The summed E-state index contributed by atoms with van der Waals surface area (Å²) in [5, 5.41) is 4.70. The van der Waals surface area contributed by atoms with Gasteiger partial charge in [0.1, 0.15) is 19.0 Å². The molecule has 2 aromatic carbocycles. The van der Waals surface area contributed by atoms with Crippen LogP contribution < -0.4 is 14.4 Å². The maximum atomic E-state index is 13.6. The highest BCUT2D eigenvalue weighted by molar-refractivity contribution is 7.22. The van der Waals surface area contributed by atoms with Crippen molar-refractivity contribution in [2.75, 3.05) is 24.7 Å². The van der Waals surface area contributed by atoms with Crippen LogP contribution in [0.15, 0.2) is 54.9 Å². The van der Waals surface area contributed by atoms with Crippen LogP contribution in [0.1, 0.15) is 10.4 Å². The minimum atomic E-state index is -0.334. The second-order valence-corrected chi connectivity index (χ2v) is 7.70. The van der Waals surface area contributed by atoms with Gasteiger partial charge in [0, 0.05) is 24.5 Å². The monoisotopic (exact) mass is 424 g/mol. The summed E-state index contributed by atoms with van der Waals surface area (Å²) in [6, 6.07) is 11.4. The molecule has 3 heterocycles. The van der Waals surface area contributed by atoms with Crippen LogP contribution in [-0.2, 0) is 6.54 Å². The number of carbonyl (C=O) groups excluding carboxylic acids is 1. The summed E-state index contributed by atoms with van der Waals surface area (Å²) >= 11 is 1.28. The molecule has 7 nitrogen and oxygen atoms in total. The first-order valence-electron chi connectivity index (χ1n) is 9.42. The van der Waals surface area contributed by atoms with Crippen molar-refractivity contribution in [1.82, 2.24) is 14.8 Å². The van der Waals surface area contributed by atoms with Gasteiger partial charge in [0.05, 0.1) is 16.8 Å². The van der Waals surface area contributed by atoms with E-state index in [2.05, 4.69) is 10.1 Å². The van der Waals surface area contributed by atoms with Gasteiger partial charge in [-0.05, 0) is 42.5 Å². The summed E-state index contributed by atoms with van der Waals surface area (Å²) in [5.41, 5.74) is 1.11. The molecule has 0 aliphatic carbocycles. The van der Waals surface area contributed by atoms with Crippen LogP contribution in [0.2, 0.25) is 0 Å². The number of aromatic nitrogens is 3. The minimum Gasteiger partial charge on any atom is -0.486 e. The Hall–Kier alpha value is -3.46. The van der Waals surface area contributed by atoms with Crippen LogP contribution in [0, 0.1) is 5.82 Å². The van der Waals surface area contributed by atoms with E-state index in [1.807, 2.05) is 12.3 Å².